The normalized spacial score (nSPS) is 11.7. The predicted octanol–water partition coefficient (Wildman–Crippen LogP) is 1.09. The number of nitrogens with zero attached hydrogens (tertiary/aromatic N) is 2. The molecule has 0 unspecified atom stereocenters. The molecule has 0 radical (unpaired) electrons. The van der Waals surface area contributed by atoms with Crippen LogP contribution in [0, 0.1) is 0 Å². The van der Waals surface area contributed by atoms with E-state index in [-0.39, 0.29) is 11.5 Å². The highest BCUT2D eigenvalue weighted by molar-refractivity contribution is 5.95. The van der Waals surface area contributed by atoms with Gasteiger partial charge in [-0.15, -0.1) is 0 Å². The van der Waals surface area contributed by atoms with Crippen molar-refractivity contribution in [2.75, 3.05) is 6.54 Å². The first-order valence-corrected chi connectivity index (χ1v) is 6.16. The van der Waals surface area contributed by atoms with Gasteiger partial charge >= 0.3 is 5.56 Å². The first-order chi connectivity index (χ1) is 9.27. The minimum atomic E-state index is -0.453. The molecule has 3 N–H and O–H groups in total. The molecule has 100 valence electrons. The van der Waals surface area contributed by atoms with Gasteiger partial charge in [0, 0.05) is 6.54 Å². The van der Waals surface area contributed by atoms with E-state index in [0.717, 1.165) is 19.3 Å². The van der Waals surface area contributed by atoms with Gasteiger partial charge in [0.2, 0.25) is 5.69 Å². The molecule has 0 aliphatic heterocycles. The van der Waals surface area contributed by atoms with Crippen LogP contribution in [-0.2, 0) is 6.42 Å². The summed E-state index contributed by atoms with van der Waals surface area (Å²) in [6.45, 7) is 0.574. The Morgan fingerprint density at radius 3 is 2.79 bits per heavy atom. The second kappa shape index (κ2) is 6.53. The molecule has 0 aliphatic carbocycles. The summed E-state index contributed by atoms with van der Waals surface area (Å²) in [5.41, 5.74) is 6.54. The summed E-state index contributed by atoms with van der Waals surface area (Å²) >= 11 is 0. The van der Waals surface area contributed by atoms with Crippen molar-refractivity contribution in [1.29, 1.82) is 0 Å². The average Bonchev–Trinajstić information content (AvgIpc) is 2.86. The minimum absolute atomic E-state index is 0.0445. The van der Waals surface area contributed by atoms with Crippen LogP contribution in [0.4, 0.5) is 0 Å². The second-order valence-corrected chi connectivity index (χ2v) is 4.17. The molecule has 6 heteroatoms. The van der Waals surface area contributed by atoms with Crippen molar-refractivity contribution in [2.24, 2.45) is 10.7 Å². The highest BCUT2D eigenvalue weighted by Crippen LogP contribution is 2.04. The van der Waals surface area contributed by atoms with Gasteiger partial charge < -0.3 is 5.73 Å². The lowest BCUT2D eigenvalue weighted by atomic mass is 10.1. The van der Waals surface area contributed by atoms with Crippen LogP contribution in [0.3, 0.4) is 0 Å². The third kappa shape index (κ3) is 3.80. The Morgan fingerprint density at radius 1 is 1.32 bits per heavy atom. The van der Waals surface area contributed by atoms with Gasteiger partial charge in [-0.25, -0.2) is 0 Å². The van der Waals surface area contributed by atoms with E-state index in [1.165, 1.54) is 5.56 Å². The number of aromatic amines is 1. The number of nitrogens with one attached hydrogen (secondary N) is 1. The Balaban J connectivity index is 1.75. The highest BCUT2D eigenvalue weighted by Gasteiger charge is 2.08. The van der Waals surface area contributed by atoms with Gasteiger partial charge in [-0.3, -0.25) is 14.4 Å². The molecule has 19 heavy (non-hydrogen) atoms. The van der Waals surface area contributed by atoms with Crippen LogP contribution in [-0.4, -0.2) is 22.7 Å². The lowest BCUT2D eigenvalue weighted by Gasteiger charge is -2.00. The number of rotatable bonds is 6. The zero-order valence-electron chi connectivity index (χ0n) is 10.5. The molecule has 0 atom stereocenters. The molecule has 1 aromatic carbocycles. The number of amidine groups is 1. The molecule has 2 aromatic rings. The molecule has 1 aromatic heterocycles. The number of hydrogen-bond acceptors (Lipinski definition) is 4. The maximum Gasteiger partial charge on any atom is 0.311 e. The molecular weight excluding hydrogens is 244 g/mol. The van der Waals surface area contributed by atoms with Crippen molar-refractivity contribution in [2.45, 2.75) is 19.3 Å². The molecular formula is C13H16N4O2. The fourth-order valence-corrected chi connectivity index (χ4v) is 1.72. The van der Waals surface area contributed by atoms with Gasteiger partial charge in [0.05, 0.1) is 0 Å². The fourth-order valence-electron chi connectivity index (χ4n) is 1.72. The molecule has 0 aliphatic rings. The average molecular weight is 260 g/mol. The van der Waals surface area contributed by atoms with E-state index in [4.69, 9.17) is 5.73 Å². The van der Waals surface area contributed by atoms with Crippen molar-refractivity contribution < 1.29 is 4.63 Å². The fraction of sp³-hybridized carbons (Fsp3) is 0.308. The van der Waals surface area contributed by atoms with E-state index in [1.54, 1.807) is 0 Å². The van der Waals surface area contributed by atoms with E-state index in [1.807, 2.05) is 18.2 Å². The number of hydrogen-bond donors (Lipinski definition) is 2. The number of aryl methyl sites for hydroxylation is 1. The van der Waals surface area contributed by atoms with Crippen LogP contribution in [0.15, 0.2) is 44.7 Å². The Kier molecular flexibility index (Phi) is 4.49. The van der Waals surface area contributed by atoms with Gasteiger partial charge in [-0.2, -0.15) is 5.16 Å². The summed E-state index contributed by atoms with van der Waals surface area (Å²) < 4.78 is 4.40. The lowest BCUT2D eigenvalue weighted by molar-refractivity contribution is 0.303. The van der Waals surface area contributed by atoms with Crippen LogP contribution in [0.2, 0.25) is 0 Å². The SMILES string of the molecule is NC(=NCCCCc1ccccc1)c1no[nH]c1=O. The number of H-pyrrole nitrogens is 1. The predicted molar refractivity (Wildman–Crippen MR) is 72.1 cm³/mol. The summed E-state index contributed by atoms with van der Waals surface area (Å²) in [5, 5.41) is 5.53. The first kappa shape index (κ1) is 13.1. The molecule has 0 fully saturated rings. The van der Waals surface area contributed by atoms with Crippen LogP contribution >= 0.6 is 0 Å². The van der Waals surface area contributed by atoms with Gasteiger partial charge in [-0.05, 0) is 30.0 Å². The number of nitrogens with two attached hydrogens (primary N) is 1. The number of unbranched alkanes of at least 4 members (excludes halogenated alkanes) is 1. The maximum atomic E-state index is 11.2. The molecule has 0 spiro atoms. The number of aliphatic imine (C=N–C) groups is 1. The summed E-state index contributed by atoms with van der Waals surface area (Å²) in [5.74, 6) is 0.120. The first-order valence-electron chi connectivity index (χ1n) is 6.16. The zero-order chi connectivity index (χ0) is 13.5. The topological polar surface area (TPSA) is 97.3 Å². The summed E-state index contributed by atoms with van der Waals surface area (Å²) in [6, 6.07) is 10.3. The number of benzene rings is 1. The summed E-state index contributed by atoms with van der Waals surface area (Å²) in [7, 11) is 0. The monoisotopic (exact) mass is 260 g/mol. The summed E-state index contributed by atoms with van der Waals surface area (Å²) in [4.78, 5) is 15.3. The van der Waals surface area contributed by atoms with Gasteiger partial charge in [0.1, 0.15) is 0 Å². The van der Waals surface area contributed by atoms with Crippen LogP contribution in [0.5, 0.6) is 0 Å². The van der Waals surface area contributed by atoms with Crippen molar-refractivity contribution in [3.05, 3.63) is 51.9 Å². The van der Waals surface area contributed by atoms with Crippen molar-refractivity contribution >= 4 is 5.84 Å². The van der Waals surface area contributed by atoms with E-state index in [9.17, 15) is 4.79 Å². The van der Waals surface area contributed by atoms with Gasteiger partial charge in [0.25, 0.3) is 0 Å². The Morgan fingerprint density at radius 2 is 2.11 bits per heavy atom. The molecule has 6 nitrogen and oxygen atoms in total. The lowest BCUT2D eigenvalue weighted by Crippen LogP contribution is -2.22. The quantitative estimate of drug-likeness (QED) is 0.461. The third-order valence-corrected chi connectivity index (χ3v) is 2.73. The highest BCUT2D eigenvalue weighted by atomic mass is 16.6. The van der Waals surface area contributed by atoms with Crippen LogP contribution < -0.4 is 11.3 Å². The largest absolute Gasteiger partial charge is 0.382 e. The zero-order valence-corrected chi connectivity index (χ0v) is 10.5. The van der Waals surface area contributed by atoms with Crippen molar-refractivity contribution in [1.82, 2.24) is 10.3 Å². The van der Waals surface area contributed by atoms with E-state index in [2.05, 4.69) is 32.1 Å². The van der Waals surface area contributed by atoms with Gasteiger partial charge in [-0.1, -0.05) is 30.3 Å². The Bertz CT molecular complexity index is 586. The molecule has 0 saturated heterocycles. The second-order valence-electron chi connectivity index (χ2n) is 4.17. The molecule has 2 rings (SSSR count). The van der Waals surface area contributed by atoms with Gasteiger partial charge in [0.15, 0.2) is 5.84 Å². The van der Waals surface area contributed by atoms with E-state index >= 15 is 0 Å². The summed E-state index contributed by atoms with van der Waals surface area (Å²) in [6.07, 6.45) is 2.95. The van der Waals surface area contributed by atoms with Crippen molar-refractivity contribution in [3.63, 3.8) is 0 Å². The standard InChI is InChI=1S/C13H16N4O2/c14-12(11-13(18)17-19-16-11)15-9-5-4-8-10-6-2-1-3-7-10/h1-3,6-7H,4-5,8-9H2,(H2,14,15)(H,17,18). The molecule has 0 bridgehead atoms. The molecule has 0 saturated carbocycles. The Labute approximate surface area is 110 Å². The third-order valence-electron chi connectivity index (χ3n) is 2.73. The van der Waals surface area contributed by atoms with E-state index < -0.39 is 5.56 Å². The maximum absolute atomic E-state index is 11.2. The van der Waals surface area contributed by atoms with Crippen molar-refractivity contribution in [3.8, 4) is 0 Å². The minimum Gasteiger partial charge on any atom is -0.382 e. The molecule has 1 heterocycles. The molecule has 0 amide bonds. The smallest absolute Gasteiger partial charge is 0.311 e. The number of aromatic nitrogens is 2. The van der Waals surface area contributed by atoms with E-state index in [0.29, 0.717) is 6.54 Å². The Hall–Kier alpha value is -2.37. The van der Waals surface area contributed by atoms with Crippen LogP contribution in [0.25, 0.3) is 0 Å². The van der Waals surface area contributed by atoms with Crippen LogP contribution in [0.1, 0.15) is 24.1 Å².